The molecule has 0 radical (unpaired) electrons. The van der Waals surface area contributed by atoms with Crippen molar-refractivity contribution in [1.82, 2.24) is 0 Å². The lowest BCUT2D eigenvalue weighted by Gasteiger charge is -2.39. The number of rotatable bonds is 13. The van der Waals surface area contributed by atoms with E-state index in [2.05, 4.69) is 27.7 Å². The maximum Gasteiger partial charge on any atom is 0.456 e. The van der Waals surface area contributed by atoms with Crippen LogP contribution >= 0.6 is 0 Å². The standard InChI is InChI=1S/C16H36N.C6HF11O/c1-5-9-13-17(14-10-6-2,15-11-7-3)16-12-8-4;7-3(8,6(15,16)17)2(18)1(4(9,10)11)5(12,13)14/h5-16H2,1-4H3;18H/q+1;/p-1. The van der Waals surface area contributed by atoms with E-state index in [1.165, 1.54) is 82.0 Å². The van der Waals surface area contributed by atoms with Crippen LogP contribution in [0.1, 0.15) is 79.1 Å². The third-order valence-corrected chi connectivity index (χ3v) is 5.38. The van der Waals surface area contributed by atoms with Crippen LogP contribution in [0.25, 0.3) is 0 Å². The Morgan fingerprint density at radius 3 is 0.971 bits per heavy atom. The van der Waals surface area contributed by atoms with Gasteiger partial charge in [-0.05, 0) is 31.4 Å². The highest BCUT2D eigenvalue weighted by molar-refractivity contribution is 5.24. The lowest BCUT2D eigenvalue weighted by atomic mass is 10.1. The number of unbranched alkanes of at least 4 members (excludes halogenated alkanes) is 4. The predicted octanol–water partition coefficient (Wildman–Crippen LogP) is 7.93. The van der Waals surface area contributed by atoms with Gasteiger partial charge in [0.1, 0.15) is 5.57 Å². The Kier molecular flexibility index (Phi) is 15.5. The zero-order valence-corrected chi connectivity index (χ0v) is 20.5. The first-order valence-corrected chi connectivity index (χ1v) is 11.6. The first kappa shape index (κ1) is 35.9. The maximum atomic E-state index is 12.1. The molecule has 0 saturated heterocycles. The molecule has 0 aromatic carbocycles. The summed E-state index contributed by atoms with van der Waals surface area (Å²) in [6.07, 6.45) is -9.19. The van der Waals surface area contributed by atoms with Gasteiger partial charge in [0.2, 0.25) is 0 Å². The molecule has 0 bridgehead atoms. The molecule has 0 aliphatic carbocycles. The molecule has 0 aliphatic rings. The minimum atomic E-state index is -6.87. The van der Waals surface area contributed by atoms with Crippen molar-refractivity contribution in [3.05, 3.63) is 11.3 Å². The average molecular weight is 540 g/mol. The van der Waals surface area contributed by atoms with Crippen LogP contribution in [0.2, 0.25) is 0 Å². The Bertz CT molecular complexity index is 554. The normalized spacial score (nSPS) is 13.3. The van der Waals surface area contributed by atoms with E-state index in [1.807, 2.05) is 0 Å². The van der Waals surface area contributed by atoms with E-state index in [1.54, 1.807) is 0 Å². The lowest BCUT2D eigenvalue weighted by molar-refractivity contribution is -0.929. The molecule has 0 aliphatic heterocycles. The molecular weight excluding hydrogens is 503 g/mol. The average Bonchev–Trinajstić information content (AvgIpc) is 2.70. The van der Waals surface area contributed by atoms with Crippen molar-refractivity contribution < 1.29 is 57.9 Å². The SMILES string of the molecule is CCCC[N+](CCCC)(CCCC)CCCC.[O-]C(=C(C(F)(F)F)C(F)(F)F)C(F)(F)C(F)(F)F. The quantitative estimate of drug-likeness (QED) is 0.132. The number of hydrogen-bond acceptors (Lipinski definition) is 1. The van der Waals surface area contributed by atoms with Crippen LogP contribution < -0.4 is 5.11 Å². The minimum Gasteiger partial charge on any atom is -0.871 e. The maximum absolute atomic E-state index is 12.1. The lowest BCUT2D eigenvalue weighted by Crippen LogP contribution is -2.50. The molecule has 0 heterocycles. The first-order chi connectivity index (χ1) is 15.8. The van der Waals surface area contributed by atoms with Gasteiger partial charge in [0.25, 0.3) is 0 Å². The minimum absolute atomic E-state index is 1.35. The van der Waals surface area contributed by atoms with Crippen molar-refractivity contribution in [3.8, 4) is 0 Å². The first-order valence-electron chi connectivity index (χ1n) is 11.6. The summed E-state index contributed by atoms with van der Waals surface area (Å²) in [7, 11) is 0. The topological polar surface area (TPSA) is 23.1 Å². The number of allylic oxidation sites excluding steroid dienone is 2. The fraction of sp³-hybridized carbons (Fsp3) is 0.909. The second-order valence-corrected chi connectivity index (χ2v) is 8.42. The van der Waals surface area contributed by atoms with Crippen molar-refractivity contribution in [1.29, 1.82) is 0 Å². The molecule has 0 fully saturated rings. The molecular formula is C22H36F11NO. The van der Waals surface area contributed by atoms with Gasteiger partial charge in [-0.2, -0.15) is 48.3 Å². The summed E-state index contributed by atoms with van der Waals surface area (Å²) in [4.78, 5) is 0. The summed E-state index contributed by atoms with van der Waals surface area (Å²) in [5, 5.41) is 10.2. The Morgan fingerprint density at radius 2 is 0.800 bits per heavy atom. The summed E-state index contributed by atoms with van der Waals surface area (Å²) in [5.41, 5.74) is -4.42. The van der Waals surface area contributed by atoms with E-state index < -0.39 is 35.8 Å². The molecule has 0 aromatic rings. The summed E-state index contributed by atoms with van der Waals surface area (Å²) in [6.45, 7) is 15.0. The third kappa shape index (κ3) is 12.5. The monoisotopic (exact) mass is 539 g/mol. The van der Waals surface area contributed by atoms with Gasteiger partial charge >= 0.3 is 24.5 Å². The zero-order chi connectivity index (χ0) is 28.1. The van der Waals surface area contributed by atoms with Gasteiger partial charge in [-0.1, -0.05) is 53.4 Å². The van der Waals surface area contributed by atoms with Gasteiger partial charge in [0.05, 0.1) is 26.2 Å². The smallest absolute Gasteiger partial charge is 0.456 e. The molecule has 0 N–H and O–H groups in total. The third-order valence-electron chi connectivity index (χ3n) is 5.38. The van der Waals surface area contributed by atoms with Gasteiger partial charge in [0.15, 0.2) is 0 Å². The van der Waals surface area contributed by atoms with Crippen LogP contribution in [0.3, 0.4) is 0 Å². The van der Waals surface area contributed by atoms with E-state index in [0.717, 1.165) is 0 Å². The molecule has 0 atom stereocenters. The largest absolute Gasteiger partial charge is 0.871 e. The molecule has 0 amide bonds. The summed E-state index contributed by atoms with van der Waals surface area (Å²) in [5.74, 6) is -11.2. The van der Waals surface area contributed by atoms with Crippen LogP contribution in [0.5, 0.6) is 0 Å². The fourth-order valence-electron chi connectivity index (χ4n) is 3.35. The molecule has 2 nitrogen and oxygen atoms in total. The van der Waals surface area contributed by atoms with Crippen LogP contribution in [-0.4, -0.2) is 55.1 Å². The van der Waals surface area contributed by atoms with Crippen LogP contribution in [-0.2, 0) is 0 Å². The Morgan fingerprint density at radius 1 is 0.543 bits per heavy atom. The van der Waals surface area contributed by atoms with Crippen molar-refractivity contribution >= 4 is 0 Å². The number of alkyl halides is 11. The van der Waals surface area contributed by atoms with Crippen molar-refractivity contribution in [2.24, 2.45) is 0 Å². The molecule has 35 heavy (non-hydrogen) atoms. The highest BCUT2D eigenvalue weighted by atomic mass is 19.4. The molecule has 13 heteroatoms. The van der Waals surface area contributed by atoms with E-state index >= 15 is 0 Å². The van der Waals surface area contributed by atoms with Gasteiger partial charge in [-0.3, -0.25) is 0 Å². The van der Waals surface area contributed by atoms with Crippen LogP contribution in [0, 0.1) is 0 Å². The second kappa shape index (κ2) is 15.1. The van der Waals surface area contributed by atoms with Gasteiger partial charge < -0.3 is 9.59 Å². The number of nitrogens with zero attached hydrogens (tertiary/aromatic N) is 1. The van der Waals surface area contributed by atoms with Crippen molar-refractivity contribution in [3.63, 3.8) is 0 Å². The summed E-state index contributed by atoms with van der Waals surface area (Å²) in [6, 6.07) is 0. The summed E-state index contributed by atoms with van der Waals surface area (Å²) < 4.78 is 130. The summed E-state index contributed by atoms with van der Waals surface area (Å²) >= 11 is 0. The number of quaternary nitrogens is 1. The number of halogens is 11. The second-order valence-electron chi connectivity index (χ2n) is 8.42. The van der Waals surface area contributed by atoms with Crippen molar-refractivity contribution in [2.45, 2.75) is 104 Å². The van der Waals surface area contributed by atoms with Crippen LogP contribution in [0.15, 0.2) is 11.3 Å². The highest BCUT2D eigenvalue weighted by Crippen LogP contribution is 2.47. The molecule has 212 valence electrons. The molecule has 0 rings (SSSR count). The van der Waals surface area contributed by atoms with E-state index in [-0.39, 0.29) is 0 Å². The highest BCUT2D eigenvalue weighted by Gasteiger charge is 2.62. The van der Waals surface area contributed by atoms with Crippen LogP contribution in [0.4, 0.5) is 48.3 Å². The van der Waals surface area contributed by atoms with Gasteiger partial charge in [-0.25, -0.2) is 0 Å². The van der Waals surface area contributed by atoms with Gasteiger partial charge in [-0.15, -0.1) is 0 Å². The van der Waals surface area contributed by atoms with E-state index in [4.69, 9.17) is 0 Å². The Hall–Kier alpha value is -1.27. The molecule has 0 spiro atoms. The molecule has 0 saturated carbocycles. The Labute approximate surface area is 199 Å². The Balaban J connectivity index is 0. The molecule has 0 aromatic heterocycles. The number of hydrogen-bond donors (Lipinski definition) is 0. The zero-order valence-electron chi connectivity index (χ0n) is 20.5. The molecule has 0 unspecified atom stereocenters. The van der Waals surface area contributed by atoms with E-state index in [0.29, 0.717) is 0 Å². The van der Waals surface area contributed by atoms with E-state index in [9.17, 15) is 53.4 Å². The van der Waals surface area contributed by atoms with Gasteiger partial charge in [0, 0.05) is 0 Å². The fourth-order valence-corrected chi connectivity index (χ4v) is 3.35. The predicted molar refractivity (Wildman–Crippen MR) is 109 cm³/mol. The van der Waals surface area contributed by atoms with Crippen molar-refractivity contribution in [2.75, 3.05) is 26.2 Å².